The van der Waals surface area contributed by atoms with Gasteiger partial charge in [-0.25, -0.2) is 24.2 Å². The van der Waals surface area contributed by atoms with E-state index in [1.54, 1.807) is 54.2 Å². The zero-order chi connectivity index (χ0) is 51.8. The van der Waals surface area contributed by atoms with Crippen LogP contribution in [-0.2, 0) is 57.6 Å². The van der Waals surface area contributed by atoms with Crippen LogP contribution in [0.25, 0.3) is 0 Å². The number of halogens is 2. The van der Waals surface area contributed by atoms with E-state index in [1.807, 2.05) is 24.3 Å². The zero-order valence-corrected chi connectivity index (χ0v) is 42.7. The van der Waals surface area contributed by atoms with Gasteiger partial charge in [-0.3, -0.25) is 38.2 Å². The van der Waals surface area contributed by atoms with Gasteiger partial charge in [-0.05, 0) is 56.2 Å². The third-order valence-electron chi connectivity index (χ3n) is 10.6. The molecule has 0 aliphatic carbocycles. The Balaban J connectivity index is 1.77. The van der Waals surface area contributed by atoms with Crippen LogP contribution in [0.1, 0.15) is 83.2 Å². The first kappa shape index (κ1) is 58.0. The number of aryl methyl sites for hydroxylation is 3. The number of imide groups is 3. The van der Waals surface area contributed by atoms with Gasteiger partial charge in [-0.1, -0.05) is 50.3 Å². The van der Waals surface area contributed by atoms with Crippen molar-refractivity contribution in [2.24, 2.45) is 19.8 Å². The molecular formula is C45H69Cl2N15O8. The minimum atomic E-state index is -1.02. The smallest absolute Gasteiger partial charge is 0.336 e. The van der Waals surface area contributed by atoms with E-state index in [2.05, 4.69) is 30.8 Å². The van der Waals surface area contributed by atoms with Gasteiger partial charge in [0.25, 0.3) is 0 Å². The van der Waals surface area contributed by atoms with Crippen LogP contribution in [0.4, 0.5) is 20.1 Å². The molecule has 70 heavy (non-hydrogen) atoms. The van der Waals surface area contributed by atoms with Crippen LogP contribution >= 0.6 is 23.2 Å². The Morgan fingerprint density at radius 1 is 0.600 bits per heavy atom. The highest BCUT2D eigenvalue weighted by atomic mass is 35.5. The molecule has 11 amide bonds. The maximum Gasteiger partial charge on any atom is 0.336 e. The van der Waals surface area contributed by atoms with Gasteiger partial charge in [0.1, 0.15) is 24.5 Å². The average Bonchev–Trinajstić information content (AvgIpc) is 3.95. The molecule has 0 bridgehead atoms. The SMILES string of the molecule is CCCN(CC(=O)N(CC(N)=O)Cc1cn(C)nn1)C(=O)N(CCC)C(=O)N(CCC)C(=O)N(CCC)C(=O)CN(Cc1cn(C)nn1)C(=O)CNC(=O)CCCc1ccc(N(CCCl)CCCl)cc1. The Morgan fingerprint density at radius 3 is 1.57 bits per heavy atom. The Morgan fingerprint density at radius 2 is 1.09 bits per heavy atom. The number of carbonyl (C=O) groups excluding carboxylic acids is 8. The van der Waals surface area contributed by atoms with Gasteiger partial charge in [0.2, 0.25) is 29.5 Å². The number of aromatic nitrogens is 6. The van der Waals surface area contributed by atoms with Crippen molar-refractivity contribution in [3.8, 4) is 0 Å². The first-order chi connectivity index (χ1) is 33.5. The van der Waals surface area contributed by atoms with Gasteiger partial charge in [0, 0.05) is 89.6 Å². The monoisotopic (exact) mass is 1020 g/mol. The van der Waals surface area contributed by atoms with Crippen molar-refractivity contribution in [1.82, 2.24) is 64.7 Å². The quantitative estimate of drug-likeness (QED) is 0.0950. The minimum absolute atomic E-state index is 0.0333. The average molecular weight is 1020 g/mol. The molecule has 3 N–H and O–H groups in total. The van der Waals surface area contributed by atoms with Crippen molar-refractivity contribution < 1.29 is 38.4 Å². The molecule has 0 atom stereocenters. The van der Waals surface area contributed by atoms with Crippen molar-refractivity contribution in [2.75, 3.05) is 82.1 Å². The lowest BCUT2D eigenvalue weighted by Crippen LogP contribution is -2.58. The fourth-order valence-corrected chi connectivity index (χ4v) is 7.69. The maximum absolute atomic E-state index is 14.5. The molecule has 1 aromatic carbocycles. The van der Waals surface area contributed by atoms with E-state index in [1.165, 1.54) is 9.36 Å². The summed E-state index contributed by atoms with van der Waals surface area (Å²) in [6, 6.07) is 5.04. The lowest BCUT2D eigenvalue weighted by atomic mass is 10.1. The largest absolute Gasteiger partial charge is 0.369 e. The molecule has 386 valence electrons. The molecule has 0 aliphatic rings. The van der Waals surface area contributed by atoms with Crippen molar-refractivity contribution >= 4 is 76.5 Å². The Kier molecular flexibility index (Phi) is 25.1. The predicted molar refractivity (Wildman–Crippen MR) is 262 cm³/mol. The van der Waals surface area contributed by atoms with Crippen molar-refractivity contribution in [3.63, 3.8) is 0 Å². The summed E-state index contributed by atoms with van der Waals surface area (Å²) >= 11 is 11.9. The van der Waals surface area contributed by atoms with Crippen LogP contribution in [0.5, 0.6) is 0 Å². The predicted octanol–water partition coefficient (Wildman–Crippen LogP) is 2.94. The molecule has 0 saturated carbocycles. The second kappa shape index (κ2) is 30.3. The van der Waals surface area contributed by atoms with Crippen molar-refractivity contribution in [3.05, 3.63) is 53.6 Å². The van der Waals surface area contributed by atoms with E-state index in [9.17, 15) is 38.4 Å². The number of hydrogen-bond donors (Lipinski definition) is 2. The van der Waals surface area contributed by atoms with Crippen LogP contribution in [0, 0.1) is 0 Å². The van der Waals surface area contributed by atoms with Gasteiger partial charge in [-0.15, -0.1) is 33.4 Å². The summed E-state index contributed by atoms with van der Waals surface area (Å²) in [6.45, 7) is 5.42. The fourth-order valence-electron chi connectivity index (χ4n) is 7.28. The van der Waals surface area contributed by atoms with Crippen LogP contribution in [0.3, 0.4) is 0 Å². The van der Waals surface area contributed by atoms with E-state index < -0.39 is 67.9 Å². The number of anilines is 1. The summed E-state index contributed by atoms with van der Waals surface area (Å²) in [5.41, 5.74) is 8.18. The van der Waals surface area contributed by atoms with Crippen molar-refractivity contribution in [1.29, 1.82) is 0 Å². The van der Waals surface area contributed by atoms with E-state index in [-0.39, 0.29) is 70.9 Å². The molecule has 0 unspecified atom stereocenters. The van der Waals surface area contributed by atoms with E-state index >= 15 is 0 Å². The highest BCUT2D eigenvalue weighted by Gasteiger charge is 2.37. The molecular weight excluding hydrogens is 949 g/mol. The molecule has 3 rings (SSSR count). The third kappa shape index (κ3) is 18.5. The van der Waals surface area contributed by atoms with E-state index in [0.29, 0.717) is 55.5 Å². The normalized spacial score (nSPS) is 10.9. The molecule has 2 aromatic heterocycles. The first-order valence-electron chi connectivity index (χ1n) is 23.5. The molecule has 25 heteroatoms. The number of urea groups is 3. The van der Waals surface area contributed by atoms with Crippen LogP contribution in [-0.4, -0.2) is 184 Å². The molecule has 23 nitrogen and oxygen atoms in total. The lowest BCUT2D eigenvalue weighted by Gasteiger charge is -2.35. The van der Waals surface area contributed by atoms with Gasteiger partial charge in [-0.2, -0.15) is 0 Å². The molecule has 0 fully saturated rings. The summed E-state index contributed by atoms with van der Waals surface area (Å²) in [7, 11) is 3.27. The summed E-state index contributed by atoms with van der Waals surface area (Å²) in [5.74, 6) is -2.35. The lowest BCUT2D eigenvalue weighted by molar-refractivity contribution is -0.140. The number of alkyl halides is 2. The van der Waals surface area contributed by atoms with Gasteiger partial charge >= 0.3 is 18.1 Å². The summed E-state index contributed by atoms with van der Waals surface area (Å²) in [5, 5.41) is 18.4. The standard InChI is InChI=1S/C45H69Cl2N15O8/c1-7-20-57(32-41(66)58(31-38(48)63)29-35-27-54(5)52-50-35)43(68)61(22-9-3)45(70)62(23-10-4)44(69)60(21-8-2)42(67)33-59(30-36-28-55(6)53-51-36)40(65)26-49-39(64)13-11-12-34-14-16-37(17-15-34)56(24-18-46)25-19-47/h14-17,27-28H,7-13,18-26,29-33H2,1-6H3,(H2,48,63)(H,49,64). The number of hydrogen-bond acceptors (Lipinski definition) is 13. The Bertz CT molecular complexity index is 2180. The number of benzene rings is 1. The number of rotatable bonds is 29. The van der Waals surface area contributed by atoms with Crippen LogP contribution in [0.15, 0.2) is 36.7 Å². The fraction of sp³-hybridized carbons (Fsp3) is 0.600. The highest BCUT2D eigenvalue weighted by molar-refractivity contribution is 6.18. The van der Waals surface area contributed by atoms with Gasteiger partial charge < -0.3 is 30.7 Å². The van der Waals surface area contributed by atoms with Crippen LogP contribution < -0.4 is 16.0 Å². The number of nitrogens with two attached hydrogens (primary N) is 1. The summed E-state index contributed by atoms with van der Waals surface area (Å²) < 4.78 is 2.84. The molecule has 2 heterocycles. The zero-order valence-electron chi connectivity index (χ0n) is 41.2. The molecule has 0 aliphatic heterocycles. The maximum atomic E-state index is 14.5. The number of nitrogens with zero attached hydrogens (tertiary/aromatic N) is 13. The van der Waals surface area contributed by atoms with E-state index in [4.69, 9.17) is 28.9 Å². The third-order valence-corrected chi connectivity index (χ3v) is 10.9. The topological polar surface area (TPSA) is 259 Å². The van der Waals surface area contributed by atoms with Gasteiger partial charge in [0.15, 0.2) is 0 Å². The highest BCUT2D eigenvalue weighted by Crippen LogP contribution is 2.18. The van der Waals surface area contributed by atoms with Crippen LogP contribution in [0.2, 0.25) is 0 Å². The van der Waals surface area contributed by atoms with Gasteiger partial charge in [0.05, 0.1) is 26.2 Å². The molecule has 0 spiro atoms. The Hall–Kier alpha value is -6.36. The van der Waals surface area contributed by atoms with Crippen molar-refractivity contribution in [2.45, 2.75) is 85.7 Å². The second-order valence-corrected chi connectivity index (χ2v) is 17.3. The summed E-state index contributed by atoms with van der Waals surface area (Å²) in [6.07, 6.45) is 5.58. The van der Waals surface area contributed by atoms with E-state index in [0.717, 1.165) is 40.7 Å². The number of amides is 11. The molecule has 0 saturated heterocycles. The molecule has 3 aromatic rings. The Labute approximate surface area is 419 Å². The minimum Gasteiger partial charge on any atom is -0.369 e. The number of nitrogens with one attached hydrogen (secondary N) is 1. The number of primary amides is 1. The molecule has 0 radical (unpaired) electrons. The first-order valence-corrected chi connectivity index (χ1v) is 24.6. The second-order valence-electron chi connectivity index (χ2n) is 16.5. The summed E-state index contributed by atoms with van der Waals surface area (Å²) in [4.78, 5) is 118. The number of carbonyl (C=O) groups is 8.